The van der Waals surface area contributed by atoms with Gasteiger partial charge in [-0.15, -0.1) is 0 Å². The van der Waals surface area contributed by atoms with E-state index in [1.807, 2.05) is 30.5 Å². The summed E-state index contributed by atoms with van der Waals surface area (Å²) in [7, 11) is 0. The minimum absolute atomic E-state index is 0.133. The predicted molar refractivity (Wildman–Crippen MR) is 129 cm³/mol. The lowest BCUT2D eigenvalue weighted by atomic mass is 10.1. The third kappa shape index (κ3) is 6.77. The molecule has 0 saturated heterocycles. The van der Waals surface area contributed by atoms with Gasteiger partial charge in [-0.1, -0.05) is 37.6 Å². The SMILES string of the molecule is CCN(CC)CCCC(=O)c1cccc(-n2cc(CC(=O)Nc3ccc(Cl)cc3)cn2)c1. The number of benzene rings is 2. The lowest BCUT2D eigenvalue weighted by Crippen LogP contribution is -2.24. The fraction of sp³-hybridized carbons (Fsp3) is 0.320. The summed E-state index contributed by atoms with van der Waals surface area (Å²) >= 11 is 5.87. The van der Waals surface area contributed by atoms with Crippen molar-refractivity contribution in [2.45, 2.75) is 33.1 Å². The van der Waals surface area contributed by atoms with Crippen LogP contribution in [-0.4, -0.2) is 46.0 Å². The van der Waals surface area contributed by atoms with Crippen LogP contribution in [0.3, 0.4) is 0 Å². The molecule has 6 nitrogen and oxygen atoms in total. The average Bonchev–Trinajstić information content (AvgIpc) is 3.26. The number of nitrogens with zero attached hydrogens (tertiary/aromatic N) is 3. The van der Waals surface area contributed by atoms with Gasteiger partial charge < -0.3 is 10.2 Å². The number of nitrogens with one attached hydrogen (secondary N) is 1. The van der Waals surface area contributed by atoms with Crippen LogP contribution in [0.15, 0.2) is 60.9 Å². The van der Waals surface area contributed by atoms with Gasteiger partial charge in [-0.25, -0.2) is 4.68 Å². The zero-order chi connectivity index (χ0) is 22.9. The first-order valence-electron chi connectivity index (χ1n) is 10.9. The van der Waals surface area contributed by atoms with E-state index < -0.39 is 0 Å². The number of hydrogen-bond acceptors (Lipinski definition) is 4. The Kier molecular flexibility index (Phi) is 8.59. The normalized spacial score (nSPS) is 11.0. The van der Waals surface area contributed by atoms with E-state index in [-0.39, 0.29) is 18.1 Å². The summed E-state index contributed by atoms with van der Waals surface area (Å²) < 4.78 is 1.69. The van der Waals surface area contributed by atoms with Gasteiger partial charge in [0.05, 0.1) is 18.3 Å². The summed E-state index contributed by atoms with van der Waals surface area (Å²) in [6.07, 6.45) is 5.05. The zero-order valence-corrected chi connectivity index (χ0v) is 19.3. The fourth-order valence-electron chi connectivity index (χ4n) is 3.49. The van der Waals surface area contributed by atoms with Gasteiger partial charge in [0.25, 0.3) is 0 Å². The van der Waals surface area contributed by atoms with Crippen molar-refractivity contribution < 1.29 is 9.59 Å². The predicted octanol–water partition coefficient (Wildman–Crippen LogP) is 5.01. The molecule has 0 aliphatic carbocycles. The molecule has 168 valence electrons. The first kappa shape index (κ1) is 23.7. The molecule has 0 fully saturated rings. The van der Waals surface area contributed by atoms with Crippen LogP contribution in [0.5, 0.6) is 0 Å². The van der Waals surface area contributed by atoms with Crippen molar-refractivity contribution >= 4 is 29.0 Å². The monoisotopic (exact) mass is 452 g/mol. The molecule has 0 radical (unpaired) electrons. The van der Waals surface area contributed by atoms with E-state index in [4.69, 9.17) is 11.6 Å². The molecule has 0 saturated carbocycles. The van der Waals surface area contributed by atoms with Crippen molar-refractivity contribution in [1.82, 2.24) is 14.7 Å². The van der Waals surface area contributed by atoms with E-state index in [1.54, 1.807) is 35.1 Å². The Labute approximate surface area is 194 Å². The molecule has 0 aliphatic rings. The maximum atomic E-state index is 12.6. The molecule has 7 heteroatoms. The van der Waals surface area contributed by atoms with E-state index in [1.165, 1.54) is 0 Å². The van der Waals surface area contributed by atoms with Crippen LogP contribution >= 0.6 is 11.6 Å². The van der Waals surface area contributed by atoms with E-state index in [0.29, 0.717) is 22.7 Å². The van der Waals surface area contributed by atoms with Gasteiger partial charge in [0.1, 0.15) is 0 Å². The summed E-state index contributed by atoms with van der Waals surface area (Å²) in [4.78, 5) is 27.3. The van der Waals surface area contributed by atoms with Crippen LogP contribution in [0, 0.1) is 0 Å². The topological polar surface area (TPSA) is 67.2 Å². The summed E-state index contributed by atoms with van der Waals surface area (Å²) in [6.45, 7) is 7.20. The number of amides is 1. The van der Waals surface area contributed by atoms with Crippen molar-refractivity contribution in [3.63, 3.8) is 0 Å². The number of Topliss-reactive ketones (excluding diaryl/α,β-unsaturated/α-hetero) is 1. The second-order valence-corrected chi connectivity index (χ2v) is 8.07. The third-order valence-electron chi connectivity index (χ3n) is 5.33. The van der Waals surface area contributed by atoms with Gasteiger partial charge in [-0.05, 0) is 68.0 Å². The molecular weight excluding hydrogens is 424 g/mol. The summed E-state index contributed by atoms with van der Waals surface area (Å²) in [5.41, 5.74) is 2.95. The Morgan fingerprint density at radius 3 is 2.56 bits per heavy atom. The minimum atomic E-state index is -0.135. The molecular formula is C25H29ClN4O2. The first-order valence-corrected chi connectivity index (χ1v) is 11.3. The van der Waals surface area contributed by atoms with Gasteiger partial charge >= 0.3 is 0 Å². The third-order valence-corrected chi connectivity index (χ3v) is 5.59. The highest BCUT2D eigenvalue weighted by Crippen LogP contribution is 2.16. The van der Waals surface area contributed by atoms with Crippen molar-refractivity contribution in [2.75, 3.05) is 25.0 Å². The van der Waals surface area contributed by atoms with Gasteiger partial charge in [0.2, 0.25) is 5.91 Å². The highest BCUT2D eigenvalue weighted by molar-refractivity contribution is 6.30. The summed E-state index contributed by atoms with van der Waals surface area (Å²) in [6, 6.07) is 14.4. The second-order valence-electron chi connectivity index (χ2n) is 7.63. The molecule has 1 heterocycles. The molecule has 32 heavy (non-hydrogen) atoms. The molecule has 1 N–H and O–H groups in total. The van der Waals surface area contributed by atoms with E-state index in [0.717, 1.165) is 37.3 Å². The molecule has 1 amide bonds. The number of ketones is 1. The highest BCUT2D eigenvalue weighted by atomic mass is 35.5. The van der Waals surface area contributed by atoms with Gasteiger partial charge in [0, 0.05) is 28.9 Å². The smallest absolute Gasteiger partial charge is 0.228 e. The van der Waals surface area contributed by atoms with Crippen LogP contribution in [0.2, 0.25) is 5.02 Å². The van der Waals surface area contributed by atoms with Gasteiger partial charge in [0.15, 0.2) is 5.78 Å². The highest BCUT2D eigenvalue weighted by Gasteiger charge is 2.11. The number of aromatic nitrogens is 2. The number of carbonyl (C=O) groups is 2. The molecule has 0 unspecified atom stereocenters. The Hall–Kier alpha value is -2.96. The van der Waals surface area contributed by atoms with Crippen molar-refractivity contribution in [1.29, 1.82) is 0 Å². The molecule has 0 spiro atoms. The summed E-state index contributed by atoms with van der Waals surface area (Å²) in [5, 5.41) is 7.83. The molecule has 1 aromatic heterocycles. The van der Waals surface area contributed by atoms with Crippen molar-refractivity contribution in [2.24, 2.45) is 0 Å². The number of rotatable bonds is 11. The molecule has 0 bridgehead atoms. The standard InChI is InChI=1S/C25H29ClN4O2/c1-3-29(4-2)14-6-9-24(31)20-7-5-8-23(16-20)30-18-19(17-27-30)15-25(32)28-22-12-10-21(26)11-13-22/h5,7-8,10-13,16-18H,3-4,6,9,14-15H2,1-2H3,(H,28,32). The molecule has 0 aliphatic heterocycles. The zero-order valence-electron chi connectivity index (χ0n) is 18.6. The van der Waals surface area contributed by atoms with E-state index in [2.05, 4.69) is 29.2 Å². The van der Waals surface area contributed by atoms with E-state index >= 15 is 0 Å². The van der Waals surface area contributed by atoms with Crippen molar-refractivity contribution in [3.8, 4) is 5.69 Å². The van der Waals surface area contributed by atoms with Crippen LogP contribution < -0.4 is 5.32 Å². The maximum Gasteiger partial charge on any atom is 0.228 e. The Balaban J connectivity index is 1.59. The fourth-order valence-corrected chi connectivity index (χ4v) is 3.61. The Bertz CT molecular complexity index is 1040. The molecule has 0 atom stereocenters. The first-order chi connectivity index (χ1) is 15.5. The molecule has 3 rings (SSSR count). The van der Waals surface area contributed by atoms with Crippen LogP contribution in [0.1, 0.15) is 42.6 Å². The quantitative estimate of drug-likeness (QED) is 0.415. The van der Waals surface area contributed by atoms with Crippen LogP contribution in [0.25, 0.3) is 5.69 Å². The minimum Gasteiger partial charge on any atom is -0.326 e. The number of halogens is 1. The second kappa shape index (κ2) is 11.6. The van der Waals surface area contributed by atoms with Gasteiger partial charge in [-0.3, -0.25) is 9.59 Å². The largest absolute Gasteiger partial charge is 0.326 e. The maximum absolute atomic E-state index is 12.6. The van der Waals surface area contributed by atoms with E-state index in [9.17, 15) is 9.59 Å². The Morgan fingerprint density at radius 1 is 1.09 bits per heavy atom. The van der Waals surface area contributed by atoms with Gasteiger partial charge in [-0.2, -0.15) is 5.10 Å². The number of hydrogen-bond donors (Lipinski definition) is 1. The van der Waals surface area contributed by atoms with Crippen LogP contribution in [0.4, 0.5) is 5.69 Å². The summed E-state index contributed by atoms with van der Waals surface area (Å²) in [5.74, 6) is -0.00210. The number of anilines is 1. The molecule has 2 aromatic carbocycles. The van der Waals surface area contributed by atoms with Crippen molar-refractivity contribution in [3.05, 3.63) is 77.1 Å². The number of carbonyl (C=O) groups excluding carboxylic acids is 2. The Morgan fingerprint density at radius 2 is 1.84 bits per heavy atom. The van der Waals surface area contributed by atoms with Crippen LogP contribution in [-0.2, 0) is 11.2 Å². The lowest BCUT2D eigenvalue weighted by Gasteiger charge is -2.17. The molecule has 3 aromatic rings. The lowest BCUT2D eigenvalue weighted by molar-refractivity contribution is -0.115. The average molecular weight is 453 g/mol.